The number of nitrogens with one attached hydrogen (secondary N) is 1. The molecule has 3 heterocycles. The van der Waals surface area contributed by atoms with Gasteiger partial charge in [0.2, 0.25) is 0 Å². The first-order valence-corrected chi connectivity index (χ1v) is 10.8. The van der Waals surface area contributed by atoms with Gasteiger partial charge in [-0.2, -0.15) is 0 Å². The van der Waals surface area contributed by atoms with Crippen LogP contribution in [0.4, 0.5) is 4.79 Å². The summed E-state index contributed by atoms with van der Waals surface area (Å²) in [5, 5.41) is 3.05. The number of aromatic nitrogens is 3. The predicted molar refractivity (Wildman–Crippen MR) is 121 cm³/mol. The Kier molecular flexibility index (Phi) is 6.36. The molecule has 0 spiro atoms. The van der Waals surface area contributed by atoms with Crippen LogP contribution in [0.3, 0.4) is 0 Å². The lowest BCUT2D eigenvalue weighted by atomic mass is 10.2. The summed E-state index contributed by atoms with van der Waals surface area (Å²) in [7, 11) is 1.66. The number of rotatable bonds is 6. The number of ether oxygens (including phenoxy) is 1. The second kappa shape index (κ2) is 9.34. The van der Waals surface area contributed by atoms with Crippen LogP contribution in [0.1, 0.15) is 26.1 Å². The van der Waals surface area contributed by atoms with Crippen LogP contribution in [0.2, 0.25) is 0 Å². The number of piperazine rings is 1. The van der Waals surface area contributed by atoms with Crippen LogP contribution in [0.15, 0.2) is 42.6 Å². The first-order valence-electron chi connectivity index (χ1n) is 10.8. The van der Waals surface area contributed by atoms with Gasteiger partial charge in [0, 0.05) is 44.1 Å². The summed E-state index contributed by atoms with van der Waals surface area (Å²) >= 11 is 0. The van der Waals surface area contributed by atoms with Crippen LogP contribution < -0.4 is 10.1 Å². The van der Waals surface area contributed by atoms with E-state index in [-0.39, 0.29) is 12.1 Å². The molecule has 0 bridgehead atoms. The minimum Gasteiger partial charge on any atom is -0.497 e. The fourth-order valence-corrected chi connectivity index (χ4v) is 3.78. The Morgan fingerprint density at radius 3 is 2.58 bits per heavy atom. The molecule has 0 saturated carbocycles. The van der Waals surface area contributed by atoms with Gasteiger partial charge in [-0.1, -0.05) is 6.92 Å². The maximum Gasteiger partial charge on any atom is 0.317 e. The molecule has 8 heteroatoms. The SMILES string of the molecule is CC[C@@H](C)NC(=O)N1CCN(Cc2nc3cccnc3n2-c2ccc(OC)cc2)CC1. The first-order chi connectivity index (χ1) is 15.1. The van der Waals surface area contributed by atoms with Crippen molar-refractivity contribution in [1.82, 2.24) is 29.7 Å². The number of fused-ring (bicyclic) bond motifs is 1. The van der Waals surface area contributed by atoms with E-state index in [1.165, 1.54) is 0 Å². The minimum absolute atomic E-state index is 0.0312. The highest BCUT2D eigenvalue weighted by molar-refractivity contribution is 5.75. The maximum atomic E-state index is 12.4. The quantitative estimate of drug-likeness (QED) is 0.661. The van der Waals surface area contributed by atoms with Crippen molar-refractivity contribution in [3.05, 3.63) is 48.4 Å². The number of hydrogen-bond acceptors (Lipinski definition) is 5. The molecule has 1 aliphatic heterocycles. The second-order valence-electron chi connectivity index (χ2n) is 7.93. The lowest BCUT2D eigenvalue weighted by Gasteiger charge is -2.35. The lowest BCUT2D eigenvalue weighted by Crippen LogP contribution is -2.52. The predicted octanol–water partition coefficient (Wildman–Crippen LogP) is 3.05. The molecular weight excluding hydrogens is 392 g/mol. The molecule has 31 heavy (non-hydrogen) atoms. The van der Waals surface area contributed by atoms with Crippen molar-refractivity contribution in [1.29, 1.82) is 0 Å². The molecular formula is C23H30N6O2. The van der Waals surface area contributed by atoms with Crippen molar-refractivity contribution in [2.45, 2.75) is 32.9 Å². The smallest absolute Gasteiger partial charge is 0.317 e. The van der Waals surface area contributed by atoms with E-state index in [1.807, 2.05) is 48.2 Å². The van der Waals surface area contributed by atoms with E-state index in [2.05, 4.69) is 26.7 Å². The Morgan fingerprint density at radius 2 is 1.90 bits per heavy atom. The highest BCUT2D eigenvalue weighted by Crippen LogP contribution is 2.23. The Hall–Kier alpha value is -3.13. The number of carbonyl (C=O) groups excluding carboxylic acids is 1. The van der Waals surface area contributed by atoms with E-state index < -0.39 is 0 Å². The topological polar surface area (TPSA) is 75.5 Å². The summed E-state index contributed by atoms with van der Waals surface area (Å²) in [6, 6.07) is 12.1. The first kappa shape index (κ1) is 21.1. The molecule has 2 aromatic heterocycles. The van der Waals surface area contributed by atoms with Crippen LogP contribution in [0.5, 0.6) is 5.75 Å². The van der Waals surface area contributed by atoms with E-state index in [0.717, 1.165) is 47.9 Å². The van der Waals surface area contributed by atoms with Gasteiger partial charge in [0.1, 0.15) is 17.1 Å². The van der Waals surface area contributed by atoms with Crippen molar-refractivity contribution in [2.24, 2.45) is 0 Å². The second-order valence-corrected chi connectivity index (χ2v) is 7.93. The molecule has 3 aromatic rings. The molecule has 2 amide bonds. The Labute approximate surface area is 182 Å². The lowest BCUT2D eigenvalue weighted by molar-refractivity contribution is 0.131. The molecule has 0 unspecified atom stereocenters. The zero-order valence-electron chi connectivity index (χ0n) is 18.4. The number of urea groups is 1. The number of hydrogen-bond donors (Lipinski definition) is 1. The fourth-order valence-electron chi connectivity index (χ4n) is 3.78. The molecule has 1 N–H and O–H groups in total. The number of carbonyl (C=O) groups is 1. The molecule has 164 valence electrons. The van der Waals surface area contributed by atoms with Crippen LogP contribution in [0.25, 0.3) is 16.9 Å². The zero-order chi connectivity index (χ0) is 21.8. The van der Waals surface area contributed by atoms with Gasteiger partial charge in [-0.25, -0.2) is 14.8 Å². The van der Waals surface area contributed by atoms with Gasteiger partial charge in [-0.05, 0) is 49.7 Å². The number of pyridine rings is 1. The van der Waals surface area contributed by atoms with Gasteiger partial charge in [-0.15, -0.1) is 0 Å². The standard InChI is InChI=1S/C23H30N6O2/c1-4-17(2)25-23(30)28-14-12-27(13-15-28)16-21-26-20-6-5-11-24-22(20)29(21)18-7-9-19(31-3)10-8-18/h5-11,17H,4,12-16H2,1-3H3,(H,25,30)/t17-/m1/s1. The number of benzene rings is 1. The summed E-state index contributed by atoms with van der Waals surface area (Å²) in [4.78, 5) is 26.1. The Bertz CT molecular complexity index is 1020. The van der Waals surface area contributed by atoms with Gasteiger partial charge >= 0.3 is 6.03 Å². The van der Waals surface area contributed by atoms with Crippen LogP contribution in [0, 0.1) is 0 Å². The maximum absolute atomic E-state index is 12.4. The summed E-state index contributed by atoms with van der Waals surface area (Å²) in [5.41, 5.74) is 2.72. The minimum atomic E-state index is 0.0312. The normalized spacial score (nSPS) is 15.8. The summed E-state index contributed by atoms with van der Waals surface area (Å²) in [6.07, 6.45) is 2.73. The number of nitrogens with zero attached hydrogens (tertiary/aromatic N) is 5. The molecule has 0 aliphatic carbocycles. The summed E-state index contributed by atoms with van der Waals surface area (Å²) in [6.45, 7) is 7.86. The number of amides is 2. The van der Waals surface area contributed by atoms with Gasteiger partial charge in [0.05, 0.1) is 13.7 Å². The summed E-state index contributed by atoms with van der Waals surface area (Å²) in [5.74, 6) is 1.76. The van der Waals surface area contributed by atoms with Crippen molar-refractivity contribution in [3.63, 3.8) is 0 Å². The average molecular weight is 423 g/mol. The fraction of sp³-hybridized carbons (Fsp3) is 0.435. The van der Waals surface area contributed by atoms with Gasteiger partial charge in [-0.3, -0.25) is 9.47 Å². The van der Waals surface area contributed by atoms with Crippen LogP contribution in [-0.2, 0) is 6.54 Å². The molecule has 8 nitrogen and oxygen atoms in total. The van der Waals surface area contributed by atoms with E-state index >= 15 is 0 Å². The Morgan fingerprint density at radius 1 is 1.16 bits per heavy atom. The van der Waals surface area contributed by atoms with E-state index in [1.54, 1.807) is 13.3 Å². The number of methoxy groups -OCH3 is 1. The third-order valence-corrected chi connectivity index (χ3v) is 5.82. The molecule has 1 atom stereocenters. The Balaban J connectivity index is 1.51. The van der Waals surface area contributed by atoms with Crippen molar-refractivity contribution in [2.75, 3.05) is 33.3 Å². The van der Waals surface area contributed by atoms with E-state index in [4.69, 9.17) is 9.72 Å². The molecule has 4 rings (SSSR count). The monoisotopic (exact) mass is 422 g/mol. The van der Waals surface area contributed by atoms with Crippen molar-refractivity contribution in [3.8, 4) is 11.4 Å². The third kappa shape index (κ3) is 4.64. The third-order valence-electron chi connectivity index (χ3n) is 5.82. The van der Waals surface area contributed by atoms with Crippen molar-refractivity contribution < 1.29 is 9.53 Å². The molecule has 1 saturated heterocycles. The molecule has 0 radical (unpaired) electrons. The largest absolute Gasteiger partial charge is 0.497 e. The van der Waals surface area contributed by atoms with Crippen molar-refractivity contribution >= 4 is 17.2 Å². The highest BCUT2D eigenvalue weighted by Gasteiger charge is 2.24. The van der Waals surface area contributed by atoms with E-state index in [0.29, 0.717) is 19.6 Å². The summed E-state index contributed by atoms with van der Waals surface area (Å²) < 4.78 is 7.41. The van der Waals surface area contributed by atoms with Gasteiger partial charge in [0.15, 0.2) is 5.65 Å². The van der Waals surface area contributed by atoms with E-state index in [9.17, 15) is 4.79 Å². The molecule has 1 aliphatic rings. The zero-order valence-corrected chi connectivity index (χ0v) is 18.4. The average Bonchev–Trinajstić information content (AvgIpc) is 3.17. The van der Waals surface area contributed by atoms with Gasteiger partial charge < -0.3 is 15.0 Å². The number of imidazole rings is 1. The molecule has 1 aromatic carbocycles. The van der Waals surface area contributed by atoms with Crippen LogP contribution >= 0.6 is 0 Å². The molecule has 1 fully saturated rings. The van der Waals surface area contributed by atoms with Crippen LogP contribution in [-0.4, -0.2) is 69.7 Å². The highest BCUT2D eigenvalue weighted by atomic mass is 16.5. The van der Waals surface area contributed by atoms with Gasteiger partial charge in [0.25, 0.3) is 0 Å².